The molecule has 4 heteroatoms. The molecule has 1 nitrogen and oxygen atoms in total. The molecule has 0 radical (unpaired) electrons. The van der Waals surface area contributed by atoms with Gasteiger partial charge in [-0.15, -0.1) is 0 Å². The van der Waals surface area contributed by atoms with Gasteiger partial charge in [0.2, 0.25) is 0 Å². The van der Waals surface area contributed by atoms with Crippen LogP contribution in [0.1, 0.15) is 11.1 Å². The molecule has 0 unspecified atom stereocenters. The van der Waals surface area contributed by atoms with Crippen LogP contribution in [-0.4, -0.2) is 6.18 Å². The highest BCUT2D eigenvalue weighted by Gasteiger charge is 2.33. The predicted molar refractivity (Wildman–Crippen MR) is 50.7 cm³/mol. The maximum Gasteiger partial charge on any atom is 0.416 e. The lowest BCUT2D eigenvalue weighted by molar-refractivity contribution is -0.0687. The van der Waals surface area contributed by atoms with E-state index in [-0.39, 0.29) is 5.56 Å². The molecule has 1 aromatic rings. The topological polar surface area (TPSA) is 26.0 Å². The van der Waals surface area contributed by atoms with Gasteiger partial charge < -0.3 is 5.73 Å². The molecule has 1 rings (SSSR count). The summed E-state index contributed by atoms with van der Waals surface area (Å²) in [4.78, 5) is 0. The molecule has 0 aromatic heterocycles. The molecule has 0 fully saturated rings. The van der Waals surface area contributed by atoms with Crippen molar-refractivity contribution in [1.29, 1.82) is 0 Å². The van der Waals surface area contributed by atoms with Gasteiger partial charge >= 0.3 is 6.18 Å². The summed E-state index contributed by atoms with van der Waals surface area (Å²) in [6.07, 6.45) is -4.39. The van der Waals surface area contributed by atoms with E-state index in [0.29, 0.717) is 11.3 Å². The van der Waals surface area contributed by atoms with Crippen molar-refractivity contribution >= 4 is 11.3 Å². The lowest BCUT2D eigenvalue weighted by atomic mass is 10.0. The molecule has 76 valence electrons. The van der Waals surface area contributed by atoms with E-state index in [9.17, 15) is 13.2 Å². The highest BCUT2D eigenvalue weighted by molar-refractivity contribution is 5.71. The van der Waals surface area contributed by atoms with Crippen LogP contribution in [0.25, 0.3) is 5.57 Å². The Balaban J connectivity index is 3.15. The quantitative estimate of drug-likeness (QED) is 0.694. The summed E-state index contributed by atoms with van der Waals surface area (Å²) in [6, 6.07) is 4.26. The number of allylic oxidation sites excluding steroid dienone is 1. The number of benzene rings is 1. The second-order valence-electron chi connectivity index (χ2n) is 3.05. The fraction of sp³-hybridized carbons (Fsp3) is 0.200. The number of anilines is 1. The highest BCUT2D eigenvalue weighted by atomic mass is 19.4. The standard InChI is InChI=1S/C10H10F3N/c1-6-5-8(14)3-4-9(6)7(2)10(11,12)13/h3-5H,2,14H2,1H3. The van der Waals surface area contributed by atoms with Crippen molar-refractivity contribution in [2.75, 3.05) is 5.73 Å². The zero-order chi connectivity index (χ0) is 10.9. The SMILES string of the molecule is C=C(c1ccc(N)cc1C)C(F)(F)F. The van der Waals surface area contributed by atoms with Gasteiger partial charge in [-0.3, -0.25) is 0 Å². The number of nitrogen functional groups attached to an aromatic ring is 1. The predicted octanol–water partition coefficient (Wildman–Crippen LogP) is 3.15. The van der Waals surface area contributed by atoms with Gasteiger partial charge in [-0.25, -0.2) is 0 Å². The Morgan fingerprint density at radius 2 is 1.93 bits per heavy atom. The smallest absolute Gasteiger partial charge is 0.399 e. The molecule has 14 heavy (non-hydrogen) atoms. The van der Waals surface area contributed by atoms with E-state index < -0.39 is 11.7 Å². The zero-order valence-electron chi connectivity index (χ0n) is 7.65. The highest BCUT2D eigenvalue weighted by Crippen LogP contribution is 2.34. The number of halogens is 3. The summed E-state index contributed by atoms with van der Waals surface area (Å²) >= 11 is 0. The molecule has 0 spiro atoms. The van der Waals surface area contributed by atoms with E-state index in [4.69, 9.17) is 5.73 Å². The Labute approximate surface area is 80.0 Å². The van der Waals surface area contributed by atoms with E-state index in [2.05, 4.69) is 6.58 Å². The molecule has 0 amide bonds. The van der Waals surface area contributed by atoms with E-state index in [1.165, 1.54) is 18.2 Å². The molecule has 0 aliphatic rings. The van der Waals surface area contributed by atoms with Crippen molar-refractivity contribution in [3.05, 3.63) is 35.9 Å². The molecule has 1 aromatic carbocycles. The average Bonchev–Trinajstić information content (AvgIpc) is 2.01. The summed E-state index contributed by atoms with van der Waals surface area (Å²) in [5.41, 5.74) is 5.60. The van der Waals surface area contributed by atoms with Crippen LogP contribution in [0.5, 0.6) is 0 Å². The summed E-state index contributed by atoms with van der Waals surface area (Å²) in [6.45, 7) is 4.59. The summed E-state index contributed by atoms with van der Waals surface area (Å²) in [5.74, 6) is 0. The van der Waals surface area contributed by atoms with Crippen LogP contribution in [0.4, 0.5) is 18.9 Å². The largest absolute Gasteiger partial charge is 0.416 e. The molecule has 0 saturated carbocycles. The van der Waals surface area contributed by atoms with Crippen LogP contribution in [0.2, 0.25) is 0 Å². The van der Waals surface area contributed by atoms with Crippen molar-refractivity contribution in [1.82, 2.24) is 0 Å². The maximum absolute atomic E-state index is 12.3. The van der Waals surface area contributed by atoms with Gasteiger partial charge in [-0.1, -0.05) is 12.6 Å². The van der Waals surface area contributed by atoms with Crippen LogP contribution in [-0.2, 0) is 0 Å². The second kappa shape index (κ2) is 3.36. The van der Waals surface area contributed by atoms with E-state index in [1.54, 1.807) is 6.92 Å². The third-order valence-electron chi connectivity index (χ3n) is 1.92. The van der Waals surface area contributed by atoms with Crippen molar-refractivity contribution in [3.63, 3.8) is 0 Å². The van der Waals surface area contributed by atoms with E-state index >= 15 is 0 Å². The van der Waals surface area contributed by atoms with Gasteiger partial charge in [0.25, 0.3) is 0 Å². The molecule has 0 saturated heterocycles. The first-order valence-corrected chi connectivity index (χ1v) is 3.95. The molecule has 0 aliphatic carbocycles. The van der Waals surface area contributed by atoms with Gasteiger partial charge in [0.15, 0.2) is 0 Å². The third kappa shape index (κ3) is 2.07. The molecule has 0 heterocycles. The molecule has 2 N–H and O–H groups in total. The summed E-state index contributed by atoms with van der Waals surface area (Å²) in [7, 11) is 0. The number of hydrogen-bond donors (Lipinski definition) is 1. The number of alkyl halides is 3. The molecule has 0 aliphatic heterocycles. The summed E-state index contributed by atoms with van der Waals surface area (Å²) < 4.78 is 36.9. The van der Waals surface area contributed by atoms with Gasteiger partial charge in [0.05, 0.1) is 5.57 Å². The Hall–Kier alpha value is -1.45. The fourth-order valence-electron chi connectivity index (χ4n) is 1.18. The van der Waals surface area contributed by atoms with Gasteiger partial charge in [-0.05, 0) is 30.2 Å². The lowest BCUT2D eigenvalue weighted by Crippen LogP contribution is -2.10. The van der Waals surface area contributed by atoms with Crippen molar-refractivity contribution in [3.8, 4) is 0 Å². The second-order valence-corrected chi connectivity index (χ2v) is 3.05. The van der Waals surface area contributed by atoms with Gasteiger partial charge in [0, 0.05) is 5.69 Å². The Morgan fingerprint density at radius 1 is 1.36 bits per heavy atom. The lowest BCUT2D eigenvalue weighted by Gasteiger charge is -2.12. The number of hydrogen-bond acceptors (Lipinski definition) is 1. The first-order valence-electron chi connectivity index (χ1n) is 3.95. The molecule has 0 atom stereocenters. The Bertz CT molecular complexity index is 366. The van der Waals surface area contributed by atoms with Crippen LogP contribution in [0.3, 0.4) is 0 Å². The van der Waals surface area contributed by atoms with Crippen LogP contribution < -0.4 is 5.73 Å². The van der Waals surface area contributed by atoms with E-state index in [1.807, 2.05) is 0 Å². The van der Waals surface area contributed by atoms with Gasteiger partial charge in [0.1, 0.15) is 0 Å². The normalized spacial score (nSPS) is 11.4. The molecular formula is C10H10F3N. The first-order chi connectivity index (χ1) is 6.32. The number of nitrogens with two attached hydrogens (primary N) is 1. The van der Waals surface area contributed by atoms with Crippen LogP contribution in [0.15, 0.2) is 24.8 Å². The summed E-state index contributed by atoms with van der Waals surface area (Å²) in [5, 5.41) is 0. The molecular weight excluding hydrogens is 191 g/mol. The Kier molecular flexibility index (Phi) is 2.55. The zero-order valence-corrected chi connectivity index (χ0v) is 7.65. The van der Waals surface area contributed by atoms with Crippen molar-refractivity contribution < 1.29 is 13.2 Å². The third-order valence-corrected chi connectivity index (χ3v) is 1.92. The average molecular weight is 201 g/mol. The van der Waals surface area contributed by atoms with Crippen LogP contribution >= 0.6 is 0 Å². The first kappa shape index (κ1) is 10.6. The maximum atomic E-state index is 12.3. The molecule has 0 bridgehead atoms. The number of rotatable bonds is 1. The van der Waals surface area contributed by atoms with Crippen molar-refractivity contribution in [2.45, 2.75) is 13.1 Å². The van der Waals surface area contributed by atoms with Crippen LogP contribution in [0, 0.1) is 6.92 Å². The van der Waals surface area contributed by atoms with Gasteiger partial charge in [-0.2, -0.15) is 13.2 Å². The number of aryl methyl sites for hydroxylation is 1. The monoisotopic (exact) mass is 201 g/mol. The fourth-order valence-corrected chi connectivity index (χ4v) is 1.18. The minimum absolute atomic E-state index is 0.0895. The van der Waals surface area contributed by atoms with Crippen molar-refractivity contribution in [2.24, 2.45) is 0 Å². The minimum atomic E-state index is -4.39. The minimum Gasteiger partial charge on any atom is -0.399 e. The van der Waals surface area contributed by atoms with E-state index in [0.717, 1.165) is 0 Å². The Morgan fingerprint density at radius 3 is 2.36 bits per heavy atom.